The molecule has 0 aromatic heterocycles. The number of allylic oxidation sites excluding steroid dienone is 9. The van der Waals surface area contributed by atoms with Crippen LogP contribution in [0.4, 0.5) is 5.69 Å². The van der Waals surface area contributed by atoms with E-state index in [9.17, 15) is 9.90 Å². The molecule has 0 saturated heterocycles. The first-order valence-corrected chi connectivity index (χ1v) is 11.6. The molecule has 2 aromatic rings. The second kappa shape index (κ2) is 10.5. The van der Waals surface area contributed by atoms with Gasteiger partial charge in [0.2, 0.25) is 5.91 Å². The summed E-state index contributed by atoms with van der Waals surface area (Å²) in [6, 6.07) is 11.2. The van der Waals surface area contributed by atoms with E-state index in [2.05, 4.69) is 45.2 Å². The second-order valence-corrected chi connectivity index (χ2v) is 9.63. The van der Waals surface area contributed by atoms with Crippen molar-refractivity contribution in [3.63, 3.8) is 0 Å². The van der Waals surface area contributed by atoms with Crippen molar-refractivity contribution in [2.75, 3.05) is 5.32 Å². The summed E-state index contributed by atoms with van der Waals surface area (Å²) in [6.07, 6.45) is 15.6. The molecule has 2 N–H and O–H groups in total. The molecule has 0 unspecified atom stereocenters. The Morgan fingerprint density at radius 1 is 1.06 bits per heavy atom. The molecule has 0 spiro atoms. The van der Waals surface area contributed by atoms with Crippen molar-refractivity contribution < 1.29 is 9.90 Å². The Bertz CT molecular complexity index is 1190. The molecule has 1 aliphatic carbocycles. The molecular formula is C30H35NO2. The number of fused-ring (bicyclic) bond motifs is 1. The fourth-order valence-electron chi connectivity index (χ4n) is 4.38. The highest BCUT2D eigenvalue weighted by Crippen LogP contribution is 2.40. The Kier molecular flexibility index (Phi) is 7.75. The van der Waals surface area contributed by atoms with Gasteiger partial charge in [-0.05, 0) is 79.5 Å². The zero-order chi connectivity index (χ0) is 24.0. The molecule has 0 radical (unpaired) electrons. The van der Waals surface area contributed by atoms with Crippen LogP contribution in [0.2, 0.25) is 0 Å². The molecule has 0 saturated carbocycles. The molecule has 33 heavy (non-hydrogen) atoms. The van der Waals surface area contributed by atoms with E-state index in [1.807, 2.05) is 49.4 Å². The van der Waals surface area contributed by atoms with Crippen molar-refractivity contribution in [2.45, 2.75) is 53.9 Å². The van der Waals surface area contributed by atoms with Gasteiger partial charge in [0.25, 0.3) is 0 Å². The van der Waals surface area contributed by atoms with Crippen LogP contribution >= 0.6 is 0 Å². The summed E-state index contributed by atoms with van der Waals surface area (Å²) in [5, 5.41) is 14.9. The highest BCUT2D eigenvalue weighted by Gasteiger charge is 2.26. The van der Waals surface area contributed by atoms with Crippen molar-refractivity contribution in [2.24, 2.45) is 5.41 Å². The zero-order valence-corrected chi connectivity index (χ0v) is 20.4. The molecular weight excluding hydrogens is 406 g/mol. The van der Waals surface area contributed by atoms with Gasteiger partial charge >= 0.3 is 0 Å². The van der Waals surface area contributed by atoms with Gasteiger partial charge in [-0.1, -0.05) is 79.6 Å². The van der Waals surface area contributed by atoms with Gasteiger partial charge in [-0.25, -0.2) is 0 Å². The molecule has 0 fully saturated rings. The van der Waals surface area contributed by atoms with Gasteiger partial charge in [0.1, 0.15) is 5.75 Å². The third-order valence-electron chi connectivity index (χ3n) is 6.25. The monoisotopic (exact) mass is 441 g/mol. The van der Waals surface area contributed by atoms with Crippen molar-refractivity contribution in [1.29, 1.82) is 0 Å². The number of phenols is 1. The topological polar surface area (TPSA) is 49.3 Å². The lowest BCUT2D eigenvalue weighted by Gasteiger charge is -2.32. The molecule has 172 valence electrons. The summed E-state index contributed by atoms with van der Waals surface area (Å²) in [5.41, 5.74) is 5.58. The van der Waals surface area contributed by atoms with Crippen LogP contribution in [-0.4, -0.2) is 11.0 Å². The molecule has 3 rings (SSSR count). The van der Waals surface area contributed by atoms with Crippen molar-refractivity contribution >= 4 is 22.4 Å². The number of phenolic OH excluding ortho intramolecular Hbond substituents is 1. The summed E-state index contributed by atoms with van der Waals surface area (Å²) in [4.78, 5) is 12.4. The second-order valence-electron chi connectivity index (χ2n) is 9.63. The van der Waals surface area contributed by atoms with E-state index in [1.165, 1.54) is 36.5 Å². The fourth-order valence-corrected chi connectivity index (χ4v) is 4.38. The maximum atomic E-state index is 12.4. The summed E-state index contributed by atoms with van der Waals surface area (Å²) >= 11 is 0. The number of rotatable bonds is 6. The Morgan fingerprint density at radius 2 is 1.76 bits per heavy atom. The number of carbonyl (C=O) groups is 1. The van der Waals surface area contributed by atoms with E-state index in [4.69, 9.17) is 0 Å². The number of benzene rings is 2. The van der Waals surface area contributed by atoms with Crippen LogP contribution in [0, 0.1) is 5.41 Å². The minimum atomic E-state index is -0.273. The van der Waals surface area contributed by atoms with Crippen molar-refractivity contribution in [3.05, 3.63) is 95.1 Å². The fraction of sp³-hybridized carbons (Fsp3) is 0.300. The highest BCUT2D eigenvalue weighted by molar-refractivity contribution is 6.02. The van der Waals surface area contributed by atoms with E-state index < -0.39 is 0 Å². The summed E-state index contributed by atoms with van der Waals surface area (Å²) in [6.45, 7) is 10.9. The predicted molar refractivity (Wildman–Crippen MR) is 140 cm³/mol. The van der Waals surface area contributed by atoms with Gasteiger partial charge in [0.15, 0.2) is 0 Å². The smallest absolute Gasteiger partial charge is 0.248 e. The van der Waals surface area contributed by atoms with Crippen LogP contribution in [0.3, 0.4) is 0 Å². The van der Waals surface area contributed by atoms with Gasteiger partial charge in [-0.15, -0.1) is 0 Å². The third kappa shape index (κ3) is 6.58. The Labute approximate surface area is 197 Å². The predicted octanol–water partition coefficient (Wildman–Crippen LogP) is 8.02. The van der Waals surface area contributed by atoms with E-state index in [0.717, 1.165) is 21.9 Å². The molecule has 0 heterocycles. The van der Waals surface area contributed by atoms with E-state index >= 15 is 0 Å². The zero-order valence-electron chi connectivity index (χ0n) is 20.4. The molecule has 3 heteroatoms. The minimum Gasteiger partial charge on any atom is -0.506 e. The molecule has 2 aromatic carbocycles. The molecule has 0 aliphatic heterocycles. The van der Waals surface area contributed by atoms with Gasteiger partial charge in [-0.3, -0.25) is 4.79 Å². The first-order chi connectivity index (χ1) is 15.7. The lowest BCUT2D eigenvalue weighted by atomic mass is 9.72. The Hall–Kier alpha value is -3.33. The molecule has 1 aliphatic rings. The largest absolute Gasteiger partial charge is 0.506 e. The lowest BCUT2D eigenvalue weighted by molar-refractivity contribution is -0.112. The lowest BCUT2D eigenvalue weighted by Crippen LogP contribution is -2.19. The van der Waals surface area contributed by atoms with Gasteiger partial charge in [0.05, 0.1) is 5.69 Å². The van der Waals surface area contributed by atoms with Crippen molar-refractivity contribution in [1.82, 2.24) is 0 Å². The molecule has 3 nitrogen and oxygen atoms in total. The minimum absolute atomic E-state index is 0.0560. The van der Waals surface area contributed by atoms with Crippen LogP contribution in [-0.2, 0) is 4.79 Å². The van der Waals surface area contributed by atoms with E-state index in [1.54, 1.807) is 12.1 Å². The number of nitrogens with one attached hydrogen (secondary N) is 1. The van der Waals surface area contributed by atoms with Crippen LogP contribution in [0.25, 0.3) is 10.8 Å². The standard InChI is InChI=1S/C30H35NO2/c1-21(15-16-26-23(3)12-9-17-30(26,4)5)10-8-11-22(2)18-29(33)31-27-19-24-13-6-7-14-25(24)20-28(27)32/h6-8,10-11,13-16,18-20,32H,9,12,17H2,1-5H3,(H,31,33). The van der Waals surface area contributed by atoms with Crippen LogP contribution in [0.1, 0.15) is 53.9 Å². The van der Waals surface area contributed by atoms with Crippen LogP contribution < -0.4 is 5.32 Å². The number of hydrogen-bond donors (Lipinski definition) is 2. The summed E-state index contributed by atoms with van der Waals surface area (Å²) in [5.74, 6) is -0.217. The van der Waals surface area contributed by atoms with Gasteiger partial charge in [-0.2, -0.15) is 0 Å². The SMILES string of the molecule is CC(C=CC1=C(C)CCCC1(C)C)=CC=CC(C)=CC(=O)Nc1cc2ccccc2cc1O. The number of hydrogen-bond acceptors (Lipinski definition) is 2. The number of anilines is 1. The average molecular weight is 442 g/mol. The maximum Gasteiger partial charge on any atom is 0.248 e. The normalized spacial score (nSPS) is 17.4. The maximum absolute atomic E-state index is 12.4. The van der Waals surface area contributed by atoms with Gasteiger partial charge < -0.3 is 10.4 Å². The number of aromatic hydroxyl groups is 1. The quantitative estimate of drug-likeness (QED) is 0.271. The Morgan fingerprint density at radius 3 is 2.45 bits per heavy atom. The number of amides is 1. The first-order valence-electron chi connectivity index (χ1n) is 11.6. The Balaban J connectivity index is 1.63. The third-order valence-corrected chi connectivity index (χ3v) is 6.25. The summed E-state index contributed by atoms with van der Waals surface area (Å²) in [7, 11) is 0. The molecule has 1 amide bonds. The van der Waals surface area contributed by atoms with E-state index in [-0.39, 0.29) is 17.1 Å². The van der Waals surface area contributed by atoms with Crippen LogP contribution in [0.15, 0.2) is 95.1 Å². The average Bonchev–Trinajstić information content (AvgIpc) is 2.73. The summed E-state index contributed by atoms with van der Waals surface area (Å²) < 4.78 is 0. The number of carbonyl (C=O) groups excluding carboxylic acids is 1. The van der Waals surface area contributed by atoms with Crippen LogP contribution in [0.5, 0.6) is 5.75 Å². The van der Waals surface area contributed by atoms with E-state index in [0.29, 0.717) is 5.69 Å². The highest BCUT2D eigenvalue weighted by atomic mass is 16.3. The first kappa shape index (κ1) is 24.3. The van der Waals surface area contributed by atoms with Gasteiger partial charge in [0, 0.05) is 6.08 Å². The van der Waals surface area contributed by atoms with Crippen molar-refractivity contribution in [3.8, 4) is 5.75 Å². The molecule has 0 atom stereocenters. The molecule has 0 bridgehead atoms.